The Labute approximate surface area is 329 Å². The van der Waals surface area contributed by atoms with E-state index in [1.54, 1.807) is 0 Å². The van der Waals surface area contributed by atoms with Crippen molar-refractivity contribution in [1.82, 2.24) is 4.57 Å². The Bertz CT molecular complexity index is 2920. The van der Waals surface area contributed by atoms with Crippen molar-refractivity contribution in [3.05, 3.63) is 220 Å². The lowest BCUT2D eigenvalue weighted by molar-refractivity contribution is 0.660. The molecule has 3 heteroatoms. The van der Waals surface area contributed by atoms with Gasteiger partial charge in [0.05, 0.1) is 16.7 Å². The maximum atomic E-state index is 6.74. The minimum atomic E-state index is -0.0202. The zero-order valence-electron chi connectivity index (χ0n) is 32.4. The van der Waals surface area contributed by atoms with Crippen molar-refractivity contribution in [2.75, 3.05) is 0 Å². The monoisotopic (exact) mass is 723 g/mol. The smallest absolute Gasteiger partial charge is 0.131 e. The van der Waals surface area contributed by atoms with Crippen molar-refractivity contribution in [3.63, 3.8) is 0 Å². The fourth-order valence-electron chi connectivity index (χ4n) is 8.69. The molecule has 2 N–H and O–H groups in total. The molecule has 0 amide bonds. The maximum Gasteiger partial charge on any atom is 0.131 e. The van der Waals surface area contributed by atoms with Crippen LogP contribution in [-0.4, -0.2) is 10.4 Å². The van der Waals surface area contributed by atoms with Gasteiger partial charge in [-0.1, -0.05) is 166 Å². The molecule has 272 valence electrons. The van der Waals surface area contributed by atoms with Gasteiger partial charge >= 0.3 is 0 Å². The van der Waals surface area contributed by atoms with Gasteiger partial charge in [-0.3, -0.25) is 0 Å². The van der Waals surface area contributed by atoms with Gasteiger partial charge in [0.15, 0.2) is 0 Å². The van der Waals surface area contributed by atoms with E-state index >= 15 is 0 Å². The van der Waals surface area contributed by atoms with Crippen LogP contribution in [0.1, 0.15) is 55.5 Å². The first kappa shape index (κ1) is 35.0. The summed E-state index contributed by atoms with van der Waals surface area (Å²) in [5.74, 6) is 0.500. The fraction of sp³-hybridized carbons (Fsp3) is 0.113. The highest BCUT2D eigenvalue weighted by Crippen LogP contribution is 2.48. The minimum absolute atomic E-state index is 0.0202. The van der Waals surface area contributed by atoms with E-state index in [2.05, 4.69) is 178 Å². The van der Waals surface area contributed by atoms with E-state index in [-0.39, 0.29) is 5.41 Å². The molecule has 0 fully saturated rings. The molecule has 56 heavy (non-hydrogen) atoms. The van der Waals surface area contributed by atoms with Gasteiger partial charge in [0.25, 0.3) is 0 Å². The van der Waals surface area contributed by atoms with E-state index in [0.717, 1.165) is 34.2 Å². The largest absolute Gasteiger partial charge is 0.383 e. The summed E-state index contributed by atoms with van der Waals surface area (Å²) in [7, 11) is 0. The average molecular weight is 724 g/mol. The van der Waals surface area contributed by atoms with Crippen molar-refractivity contribution < 1.29 is 0 Å². The predicted octanol–water partition coefficient (Wildman–Crippen LogP) is 11.0. The molecule has 0 atom stereocenters. The van der Waals surface area contributed by atoms with E-state index in [0.29, 0.717) is 5.84 Å². The molecular weight excluding hydrogens is 679 g/mol. The lowest BCUT2D eigenvalue weighted by Gasteiger charge is -2.21. The molecule has 0 aliphatic heterocycles. The number of rotatable bonds is 7. The molecule has 0 bridgehead atoms. The molecule has 0 saturated carbocycles. The van der Waals surface area contributed by atoms with Crippen molar-refractivity contribution in [2.45, 2.75) is 39.5 Å². The first-order valence-electron chi connectivity index (χ1n) is 19.5. The molecule has 1 aromatic heterocycles. The number of amidine groups is 1. The number of para-hydroxylation sites is 2. The SMILES string of the molecule is CC(/C(=C/Cc1ccc2c(c1)-c1ccccc1C2(C)C)N=C(N)c1ccccc1)=c1\cccc\c1=C(\C)c1ccc(-n2c3ccccc3c3ccccc32)cc1. The molecule has 0 saturated heterocycles. The fourth-order valence-corrected chi connectivity index (χ4v) is 8.69. The summed E-state index contributed by atoms with van der Waals surface area (Å²) >= 11 is 0. The van der Waals surface area contributed by atoms with Gasteiger partial charge in [-0.2, -0.15) is 0 Å². The van der Waals surface area contributed by atoms with E-state index < -0.39 is 0 Å². The zero-order valence-corrected chi connectivity index (χ0v) is 32.4. The summed E-state index contributed by atoms with van der Waals surface area (Å²) in [5, 5.41) is 4.83. The summed E-state index contributed by atoms with van der Waals surface area (Å²) in [4.78, 5) is 5.14. The molecule has 3 nitrogen and oxygen atoms in total. The van der Waals surface area contributed by atoms with Crippen LogP contribution in [0.5, 0.6) is 0 Å². The summed E-state index contributed by atoms with van der Waals surface area (Å²) in [5.41, 5.74) is 22.2. The van der Waals surface area contributed by atoms with Crippen molar-refractivity contribution in [3.8, 4) is 16.8 Å². The van der Waals surface area contributed by atoms with Crippen LogP contribution in [0.4, 0.5) is 0 Å². The van der Waals surface area contributed by atoms with Crippen LogP contribution in [0, 0.1) is 0 Å². The Morgan fingerprint density at radius 1 is 0.589 bits per heavy atom. The molecular formula is C53H45N3. The Morgan fingerprint density at radius 2 is 1.18 bits per heavy atom. The Kier molecular flexibility index (Phi) is 8.86. The first-order chi connectivity index (χ1) is 27.3. The lowest BCUT2D eigenvalue weighted by atomic mass is 9.82. The zero-order chi connectivity index (χ0) is 38.4. The molecule has 0 unspecified atom stereocenters. The van der Waals surface area contributed by atoms with Gasteiger partial charge in [-0.25, -0.2) is 4.99 Å². The highest BCUT2D eigenvalue weighted by molar-refractivity contribution is 6.09. The first-order valence-corrected chi connectivity index (χ1v) is 19.5. The number of hydrogen-bond acceptors (Lipinski definition) is 1. The average Bonchev–Trinajstić information content (AvgIpc) is 3.70. The van der Waals surface area contributed by atoms with Crippen LogP contribution >= 0.6 is 0 Å². The number of fused-ring (bicyclic) bond motifs is 6. The molecule has 1 aliphatic rings. The lowest BCUT2D eigenvalue weighted by Crippen LogP contribution is -2.29. The number of allylic oxidation sites excluding steroid dienone is 2. The van der Waals surface area contributed by atoms with Crippen LogP contribution in [0.25, 0.3) is 49.8 Å². The second-order valence-corrected chi connectivity index (χ2v) is 15.4. The van der Waals surface area contributed by atoms with Crippen molar-refractivity contribution >= 4 is 38.8 Å². The number of nitrogens with zero attached hydrogens (tertiary/aromatic N) is 2. The summed E-state index contributed by atoms with van der Waals surface area (Å²) in [6.07, 6.45) is 2.97. The number of nitrogens with two attached hydrogens (primary N) is 1. The standard InChI is InChI=1S/C53H45N3/c1-35(38-28-30-40(31-29-38)56-50-24-14-11-21-44(50)45-22-12-15-25-51(45)56)41-18-8-9-19-42(41)36(2)49(55-52(54)39-16-6-5-7-17-39)33-27-37-26-32-48-46(34-37)43-20-10-13-23-47(43)53(48,3)4/h5-26,28-34H,27H2,1-4H3,(H2,54,55)/b41-35+,42-36-,49-33-. The van der Waals surface area contributed by atoms with Crippen LogP contribution in [0.15, 0.2) is 187 Å². The van der Waals surface area contributed by atoms with E-state index in [1.807, 2.05) is 30.3 Å². The van der Waals surface area contributed by atoms with Crippen LogP contribution in [-0.2, 0) is 11.8 Å². The Balaban J connectivity index is 1.14. The normalized spacial score (nSPS) is 14.8. The molecule has 9 rings (SSSR count). The maximum absolute atomic E-state index is 6.74. The van der Waals surface area contributed by atoms with Crippen LogP contribution in [0.3, 0.4) is 0 Å². The molecule has 0 spiro atoms. The van der Waals surface area contributed by atoms with Gasteiger partial charge < -0.3 is 10.3 Å². The molecule has 1 heterocycles. The van der Waals surface area contributed by atoms with Gasteiger partial charge in [-0.05, 0) is 99.5 Å². The minimum Gasteiger partial charge on any atom is -0.383 e. The Morgan fingerprint density at radius 3 is 1.89 bits per heavy atom. The topological polar surface area (TPSA) is 43.3 Å². The third-order valence-electron chi connectivity index (χ3n) is 11.7. The molecule has 8 aromatic rings. The predicted molar refractivity (Wildman–Crippen MR) is 237 cm³/mol. The third kappa shape index (κ3) is 6.06. The van der Waals surface area contributed by atoms with Crippen LogP contribution in [0.2, 0.25) is 0 Å². The van der Waals surface area contributed by atoms with Gasteiger partial charge in [-0.15, -0.1) is 0 Å². The van der Waals surface area contributed by atoms with Crippen molar-refractivity contribution in [1.29, 1.82) is 0 Å². The summed E-state index contributed by atoms with van der Waals surface area (Å²) in [6, 6.07) is 60.7. The number of benzene rings is 7. The van der Waals surface area contributed by atoms with E-state index in [4.69, 9.17) is 10.7 Å². The van der Waals surface area contributed by atoms with Gasteiger partial charge in [0.2, 0.25) is 0 Å². The van der Waals surface area contributed by atoms with E-state index in [9.17, 15) is 0 Å². The van der Waals surface area contributed by atoms with Crippen LogP contribution < -0.4 is 16.2 Å². The number of aromatic nitrogens is 1. The van der Waals surface area contributed by atoms with E-state index in [1.165, 1.54) is 66.0 Å². The molecule has 0 radical (unpaired) electrons. The van der Waals surface area contributed by atoms with Gasteiger partial charge in [0, 0.05) is 27.4 Å². The summed E-state index contributed by atoms with van der Waals surface area (Å²) in [6.45, 7) is 9.04. The van der Waals surface area contributed by atoms with Gasteiger partial charge in [0.1, 0.15) is 5.84 Å². The quantitative estimate of drug-likeness (QED) is 0.129. The Hall–Kier alpha value is -6.71. The highest BCUT2D eigenvalue weighted by atomic mass is 15.0. The number of hydrogen-bond donors (Lipinski definition) is 1. The number of aliphatic imine (C=N–C) groups is 1. The van der Waals surface area contributed by atoms with Crippen molar-refractivity contribution in [2.24, 2.45) is 10.7 Å². The molecule has 1 aliphatic carbocycles. The third-order valence-corrected chi connectivity index (χ3v) is 11.7. The highest BCUT2D eigenvalue weighted by Gasteiger charge is 2.34. The second-order valence-electron chi connectivity index (χ2n) is 15.4. The second kappa shape index (κ2) is 14.2. The molecule has 7 aromatic carbocycles. The summed E-state index contributed by atoms with van der Waals surface area (Å²) < 4.78 is 2.36.